The predicted molar refractivity (Wildman–Crippen MR) is 119 cm³/mol. The summed E-state index contributed by atoms with van der Waals surface area (Å²) in [5.41, 5.74) is 2.56. The molecule has 0 aliphatic carbocycles. The zero-order valence-electron chi connectivity index (χ0n) is 18.1. The first-order chi connectivity index (χ1) is 15.1. The zero-order valence-corrected chi connectivity index (χ0v) is 19.8. The summed E-state index contributed by atoms with van der Waals surface area (Å²) in [6, 6.07) is 3.49. The fourth-order valence-corrected chi connectivity index (χ4v) is 6.25. The second-order valence-corrected chi connectivity index (χ2v) is 11.2. The lowest BCUT2D eigenvalue weighted by Crippen LogP contribution is -2.29. The Morgan fingerprint density at radius 1 is 1.34 bits per heavy atom. The molecule has 0 radical (unpaired) electrons. The SMILES string of the molecule is Cc1nn(C2CCS(=O)(=O)C2)c(C)c1CN(C)C(=O)CCn1nc(-c2cccs2)oc1=O. The lowest BCUT2D eigenvalue weighted by Gasteiger charge is -2.18. The molecule has 1 unspecified atom stereocenters. The fraction of sp³-hybridized carbons (Fsp3) is 0.500. The number of carbonyl (C=O) groups excluding carboxylic acids is 1. The van der Waals surface area contributed by atoms with E-state index in [4.69, 9.17) is 4.42 Å². The number of aromatic nitrogens is 4. The minimum absolute atomic E-state index is 0.0971. The maximum Gasteiger partial charge on any atom is 0.437 e. The van der Waals surface area contributed by atoms with Gasteiger partial charge in [0.05, 0.1) is 34.7 Å². The van der Waals surface area contributed by atoms with Gasteiger partial charge in [0.2, 0.25) is 5.91 Å². The highest BCUT2D eigenvalue weighted by Gasteiger charge is 2.31. The highest BCUT2D eigenvalue weighted by atomic mass is 32.2. The summed E-state index contributed by atoms with van der Waals surface area (Å²) < 4.78 is 31.8. The van der Waals surface area contributed by atoms with E-state index in [-0.39, 0.29) is 42.3 Å². The molecule has 1 fully saturated rings. The van der Waals surface area contributed by atoms with Crippen molar-refractivity contribution in [1.29, 1.82) is 0 Å². The average molecular weight is 480 g/mol. The van der Waals surface area contributed by atoms with Crippen molar-refractivity contribution in [1.82, 2.24) is 24.5 Å². The molecule has 12 heteroatoms. The van der Waals surface area contributed by atoms with Crippen LogP contribution in [-0.4, -0.2) is 57.3 Å². The summed E-state index contributed by atoms with van der Waals surface area (Å²) in [5.74, 6) is -0.211. The van der Waals surface area contributed by atoms with Gasteiger partial charge in [-0.2, -0.15) is 9.78 Å². The number of nitrogens with zero attached hydrogens (tertiary/aromatic N) is 5. The Balaban J connectivity index is 1.40. The molecule has 0 saturated carbocycles. The lowest BCUT2D eigenvalue weighted by molar-refractivity contribution is -0.130. The van der Waals surface area contributed by atoms with Crippen molar-refractivity contribution in [3.05, 3.63) is 45.0 Å². The van der Waals surface area contributed by atoms with E-state index in [1.54, 1.807) is 16.6 Å². The van der Waals surface area contributed by atoms with Crippen LogP contribution >= 0.6 is 11.3 Å². The van der Waals surface area contributed by atoms with Crippen molar-refractivity contribution in [2.75, 3.05) is 18.6 Å². The fourth-order valence-electron chi connectivity index (χ4n) is 3.91. The molecular formula is C20H25N5O5S2. The molecule has 172 valence electrons. The Labute approximate surface area is 189 Å². The minimum atomic E-state index is -3.02. The van der Waals surface area contributed by atoms with E-state index in [0.717, 1.165) is 26.5 Å². The highest BCUT2D eigenvalue weighted by molar-refractivity contribution is 7.91. The maximum absolute atomic E-state index is 12.7. The van der Waals surface area contributed by atoms with E-state index in [9.17, 15) is 18.0 Å². The molecular weight excluding hydrogens is 454 g/mol. The van der Waals surface area contributed by atoms with Crippen LogP contribution in [0.5, 0.6) is 0 Å². The summed E-state index contributed by atoms with van der Waals surface area (Å²) in [4.78, 5) is 27.1. The van der Waals surface area contributed by atoms with E-state index >= 15 is 0 Å². The first kappa shape index (κ1) is 22.5. The molecule has 3 aromatic rings. The molecule has 1 saturated heterocycles. The van der Waals surface area contributed by atoms with Gasteiger partial charge in [0, 0.05) is 31.3 Å². The van der Waals surface area contributed by atoms with E-state index < -0.39 is 15.6 Å². The summed E-state index contributed by atoms with van der Waals surface area (Å²) in [5, 5.41) is 10.6. The Bertz CT molecular complexity index is 1290. The molecule has 1 aliphatic heterocycles. The number of hydrogen-bond donors (Lipinski definition) is 0. The topological polar surface area (TPSA) is 120 Å². The predicted octanol–water partition coefficient (Wildman–Crippen LogP) is 1.79. The van der Waals surface area contributed by atoms with Gasteiger partial charge in [-0.05, 0) is 31.7 Å². The Hall–Kier alpha value is -2.73. The Kier molecular flexibility index (Phi) is 6.08. The van der Waals surface area contributed by atoms with Crippen LogP contribution in [0, 0.1) is 13.8 Å². The first-order valence-corrected chi connectivity index (χ1v) is 13.0. The molecule has 4 heterocycles. The quantitative estimate of drug-likeness (QED) is 0.506. The van der Waals surface area contributed by atoms with Gasteiger partial charge in [-0.3, -0.25) is 9.48 Å². The molecule has 1 amide bonds. The molecule has 3 aromatic heterocycles. The van der Waals surface area contributed by atoms with Gasteiger partial charge in [0.25, 0.3) is 5.89 Å². The normalized spacial score (nSPS) is 17.7. The van der Waals surface area contributed by atoms with Crippen molar-refractivity contribution in [3.8, 4) is 10.8 Å². The second-order valence-electron chi connectivity index (χ2n) is 8.02. The smallest absolute Gasteiger partial charge is 0.387 e. The van der Waals surface area contributed by atoms with Crippen LogP contribution in [0.4, 0.5) is 0 Å². The molecule has 10 nitrogen and oxygen atoms in total. The molecule has 1 aliphatic rings. The zero-order chi connectivity index (χ0) is 23.0. The Morgan fingerprint density at radius 3 is 2.78 bits per heavy atom. The van der Waals surface area contributed by atoms with Gasteiger partial charge < -0.3 is 9.32 Å². The van der Waals surface area contributed by atoms with Crippen molar-refractivity contribution in [3.63, 3.8) is 0 Å². The molecule has 32 heavy (non-hydrogen) atoms. The summed E-state index contributed by atoms with van der Waals surface area (Å²) in [6.45, 7) is 4.24. The van der Waals surface area contributed by atoms with Crippen LogP contribution in [0.2, 0.25) is 0 Å². The van der Waals surface area contributed by atoms with Gasteiger partial charge in [-0.1, -0.05) is 6.07 Å². The van der Waals surface area contributed by atoms with Crippen molar-refractivity contribution in [2.45, 2.75) is 45.8 Å². The number of hydrogen-bond acceptors (Lipinski definition) is 8. The van der Waals surface area contributed by atoms with Crippen molar-refractivity contribution in [2.24, 2.45) is 0 Å². The van der Waals surface area contributed by atoms with E-state index in [0.29, 0.717) is 13.0 Å². The van der Waals surface area contributed by atoms with E-state index in [2.05, 4.69) is 10.2 Å². The highest BCUT2D eigenvalue weighted by Crippen LogP contribution is 2.27. The van der Waals surface area contributed by atoms with Gasteiger partial charge >= 0.3 is 5.76 Å². The van der Waals surface area contributed by atoms with Gasteiger partial charge in [0.1, 0.15) is 0 Å². The number of thiophene rings is 1. The molecule has 0 N–H and O–H groups in total. The summed E-state index contributed by atoms with van der Waals surface area (Å²) in [7, 11) is -1.32. The van der Waals surface area contributed by atoms with Crippen LogP contribution in [0.25, 0.3) is 10.8 Å². The molecule has 0 spiro atoms. The van der Waals surface area contributed by atoms with Crippen LogP contribution in [-0.2, 0) is 27.7 Å². The first-order valence-electron chi connectivity index (χ1n) is 10.3. The molecule has 0 aromatic carbocycles. The monoisotopic (exact) mass is 479 g/mol. The van der Waals surface area contributed by atoms with Crippen LogP contribution in [0.1, 0.15) is 35.8 Å². The number of aryl methyl sites for hydroxylation is 2. The van der Waals surface area contributed by atoms with Crippen molar-refractivity contribution >= 4 is 27.1 Å². The maximum atomic E-state index is 12.7. The number of sulfone groups is 1. The standard InChI is InChI=1S/C20H25N5O5S2/c1-13-16(14(2)25(21-13)15-7-10-32(28,29)12-15)11-23(3)18(26)6-8-24-20(27)30-19(22-24)17-5-4-9-31-17/h4-5,9,15H,6-8,10-12H2,1-3H3. The molecule has 4 rings (SSSR count). The number of amides is 1. The van der Waals surface area contributed by atoms with Crippen LogP contribution in [0.3, 0.4) is 0 Å². The molecule has 1 atom stereocenters. The Morgan fingerprint density at radius 2 is 2.12 bits per heavy atom. The van der Waals surface area contributed by atoms with Gasteiger partial charge in [-0.15, -0.1) is 16.4 Å². The third-order valence-electron chi connectivity index (χ3n) is 5.73. The average Bonchev–Trinajstić information content (AvgIpc) is 3.51. The molecule has 0 bridgehead atoms. The third kappa shape index (κ3) is 4.56. The van der Waals surface area contributed by atoms with Crippen LogP contribution in [0.15, 0.2) is 26.7 Å². The summed E-state index contributed by atoms with van der Waals surface area (Å²) >= 11 is 1.42. The van der Waals surface area contributed by atoms with Crippen LogP contribution < -0.4 is 5.76 Å². The van der Waals surface area contributed by atoms with Crippen molar-refractivity contribution < 1.29 is 17.6 Å². The lowest BCUT2D eigenvalue weighted by atomic mass is 10.1. The third-order valence-corrected chi connectivity index (χ3v) is 8.33. The second kappa shape index (κ2) is 8.66. The van der Waals surface area contributed by atoms with Gasteiger partial charge in [-0.25, -0.2) is 13.2 Å². The van der Waals surface area contributed by atoms with E-state index in [1.165, 1.54) is 11.3 Å². The minimum Gasteiger partial charge on any atom is -0.387 e. The number of carbonyl (C=O) groups is 1. The summed E-state index contributed by atoms with van der Waals surface area (Å²) in [6.07, 6.45) is 0.651. The number of rotatable bonds is 7. The van der Waals surface area contributed by atoms with Gasteiger partial charge in [0.15, 0.2) is 9.84 Å². The van der Waals surface area contributed by atoms with E-state index in [1.807, 2.05) is 31.4 Å². The largest absolute Gasteiger partial charge is 0.437 e.